The van der Waals surface area contributed by atoms with Crippen LogP contribution >= 0.6 is 11.6 Å². The largest absolute Gasteiger partial charge is 0.497 e. The smallest absolute Gasteiger partial charge is 0.120 e. The molecular weight excluding hydrogens is 212 g/mol. The van der Waals surface area contributed by atoms with Crippen LogP contribution in [-0.4, -0.2) is 12.2 Å². The van der Waals surface area contributed by atoms with E-state index in [-0.39, 0.29) is 0 Å². The van der Waals surface area contributed by atoms with E-state index in [9.17, 15) is 5.11 Å². The van der Waals surface area contributed by atoms with Gasteiger partial charge in [0.15, 0.2) is 0 Å². The second-order valence-corrected chi connectivity index (χ2v) is 4.44. The van der Waals surface area contributed by atoms with Crippen LogP contribution in [0.5, 0.6) is 5.75 Å². The summed E-state index contributed by atoms with van der Waals surface area (Å²) >= 11 is 6.05. The highest BCUT2D eigenvalue weighted by atomic mass is 35.5. The van der Waals surface area contributed by atoms with Gasteiger partial charge in [0.2, 0.25) is 0 Å². The fraction of sp³-hybridized carbons (Fsp3) is 0.500. The van der Waals surface area contributed by atoms with Crippen molar-refractivity contribution in [2.24, 2.45) is 5.92 Å². The highest BCUT2D eigenvalue weighted by molar-refractivity contribution is 6.31. The van der Waals surface area contributed by atoms with Crippen molar-refractivity contribution in [2.75, 3.05) is 7.11 Å². The third-order valence-corrected chi connectivity index (χ3v) is 2.59. The first-order valence-corrected chi connectivity index (χ1v) is 5.44. The lowest BCUT2D eigenvalue weighted by atomic mass is 9.99. The lowest BCUT2D eigenvalue weighted by molar-refractivity contribution is 0.151. The summed E-state index contributed by atoms with van der Waals surface area (Å²) in [6, 6.07) is 5.35. The number of benzene rings is 1. The van der Waals surface area contributed by atoms with Gasteiger partial charge in [-0.1, -0.05) is 31.5 Å². The third-order valence-electron chi connectivity index (χ3n) is 2.26. The van der Waals surface area contributed by atoms with Crippen LogP contribution in [0.4, 0.5) is 0 Å². The first-order valence-electron chi connectivity index (χ1n) is 5.06. The van der Waals surface area contributed by atoms with Gasteiger partial charge in [0, 0.05) is 0 Å². The molecule has 0 radical (unpaired) electrons. The molecule has 1 N–H and O–H groups in total. The topological polar surface area (TPSA) is 29.5 Å². The average molecular weight is 229 g/mol. The fourth-order valence-electron chi connectivity index (χ4n) is 1.48. The van der Waals surface area contributed by atoms with Crippen LogP contribution in [-0.2, 0) is 0 Å². The number of aliphatic hydroxyl groups excluding tert-OH is 1. The van der Waals surface area contributed by atoms with Gasteiger partial charge in [-0.3, -0.25) is 0 Å². The molecule has 1 aromatic rings. The Bertz CT molecular complexity index is 323. The molecule has 0 aliphatic carbocycles. The van der Waals surface area contributed by atoms with E-state index in [1.165, 1.54) is 0 Å². The van der Waals surface area contributed by atoms with Crippen LogP contribution in [0.1, 0.15) is 31.9 Å². The summed E-state index contributed by atoms with van der Waals surface area (Å²) in [7, 11) is 1.59. The summed E-state index contributed by atoms with van der Waals surface area (Å²) in [6.07, 6.45) is 0.217. The molecule has 1 unspecified atom stereocenters. The van der Waals surface area contributed by atoms with Gasteiger partial charge in [-0.2, -0.15) is 0 Å². The summed E-state index contributed by atoms with van der Waals surface area (Å²) in [5.74, 6) is 1.15. The summed E-state index contributed by atoms with van der Waals surface area (Å²) < 4.78 is 5.04. The maximum absolute atomic E-state index is 9.91. The minimum atomic E-state index is -0.497. The van der Waals surface area contributed by atoms with Crippen molar-refractivity contribution in [3.8, 4) is 5.75 Å². The van der Waals surface area contributed by atoms with Crippen LogP contribution in [0.15, 0.2) is 18.2 Å². The van der Waals surface area contributed by atoms with Gasteiger partial charge in [-0.15, -0.1) is 0 Å². The van der Waals surface area contributed by atoms with E-state index in [2.05, 4.69) is 13.8 Å². The van der Waals surface area contributed by atoms with Crippen molar-refractivity contribution in [2.45, 2.75) is 26.4 Å². The SMILES string of the molecule is COc1ccc(C(O)CC(C)C)c(Cl)c1. The lowest BCUT2D eigenvalue weighted by Crippen LogP contribution is -2.02. The number of hydrogen-bond acceptors (Lipinski definition) is 2. The van der Waals surface area contributed by atoms with E-state index in [0.29, 0.717) is 23.1 Å². The number of methoxy groups -OCH3 is 1. The fourth-order valence-corrected chi connectivity index (χ4v) is 1.78. The second-order valence-electron chi connectivity index (χ2n) is 4.03. The van der Waals surface area contributed by atoms with E-state index in [4.69, 9.17) is 16.3 Å². The predicted octanol–water partition coefficient (Wildman–Crippen LogP) is 3.43. The highest BCUT2D eigenvalue weighted by Crippen LogP contribution is 2.30. The minimum Gasteiger partial charge on any atom is -0.497 e. The van der Waals surface area contributed by atoms with Gasteiger partial charge < -0.3 is 9.84 Å². The molecule has 1 atom stereocenters. The lowest BCUT2D eigenvalue weighted by Gasteiger charge is -2.15. The molecule has 2 nitrogen and oxygen atoms in total. The second kappa shape index (κ2) is 5.38. The maximum atomic E-state index is 9.91. The molecule has 0 amide bonds. The van der Waals surface area contributed by atoms with Gasteiger partial charge >= 0.3 is 0 Å². The van der Waals surface area contributed by atoms with E-state index in [0.717, 1.165) is 5.56 Å². The zero-order valence-electron chi connectivity index (χ0n) is 9.33. The first kappa shape index (κ1) is 12.3. The Hall–Kier alpha value is -0.730. The summed E-state index contributed by atoms with van der Waals surface area (Å²) in [6.45, 7) is 4.14. The standard InChI is InChI=1S/C12H17ClO2/c1-8(2)6-12(14)10-5-4-9(15-3)7-11(10)13/h4-5,7-8,12,14H,6H2,1-3H3. The summed E-state index contributed by atoms with van der Waals surface area (Å²) in [5, 5.41) is 10.5. The normalized spacial score (nSPS) is 12.9. The van der Waals surface area contributed by atoms with E-state index >= 15 is 0 Å². The average Bonchev–Trinajstić information content (AvgIpc) is 2.16. The predicted molar refractivity (Wildman–Crippen MR) is 62.4 cm³/mol. The van der Waals surface area contributed by atoms with Gasteiger partial charge in [-0.05, 0) is 30.0 Å². The van der Waals surface area contributed by atoms with Crippen molar-refractivity contribution in [3.05, 3.63) is 28.8 Å². The van der Waals surface area contributed by atoms with Crippen LogP contribution in [0.3, 0.4) is 0 Å². The molecule has 84 valence electrons. The number of hydrogen-bond donors (Lipinski definition) is 1. The van der Waals surface area contributed by atoms with Crippen LogP contribution < -0.4 is 4.74 Å². The molecule has 15 heavy (non-hydrogen) atoms. The van der Waals surface area contributed by atoms with Crippen LogP contribution in [0, 0.1) is 5.92 Å². The molecule has 0 aliphatic heterocycles. The molecule has 1 aromatic carbocycles. The quantitative estimate of drug-likeness (QED) is 0.856. The van der Waals surface area contributed by atoms with Gasteiger partial charge in [0.1, 0.15) is 5.75 Å². The van der Waals surface area contributed by atoms with Gasteiger partial charge in [0.05, 0.1) is 18.2 Å². The van der Waals surface area contributed by atoms with E-state index in [1.807, 2.05) is 12.1 Å². The molecule has 0 heterocycles. The highest BCUT2D eigenvalue weighted by Gasteiger charge is 2.13. The molecule has 0 saturated carbocycles. The first-order chi connectivity index (χ1) is 7.04. The van der Waals surface area contributed by atoms with Crippen molar-refractivity contribution in [1.29, 1.82) is 0 Å². The molecule has 0 aliphatic rings. The Morgan fingerprint density at radius 1 is 1.40 bits per heavy atom. The maximum Gasteiger partial charge on any atom is 0.120 e. The third kappa shape index (κ3) is 3.40. The van der Waals surface area contributed by atoms with E-state index in [1.54, 1.807) is 13.2 Å². The Balaban J connectivity index is 2.85. The van der Waals surface area contributed by atoms with Crippen molar-refractivity contribution in [3.63, 3.8) is 0 Å². The zero-order valence-corrected chi connectivity index (χ0v) is 10.1. The number of aliphatic hydroxyl groups is 1. The van der Waals surface area contributed by atoms with Gasteiger partial charge in [-0.25, -0.2) is 0 Å². The molecule has 1 rings (SSSR count). The minimum absolute atomic E-state index is 0.443. The van der Waals surface area contributed by atoms with Gasteiger partial charge in [0.25, 0.3) is 0 Å². The number of ether oxygens (including phenoxy) is 1. The monoisotopic (exact) mass is 228 g/mol. The van der Waals surface area contributed by atoms with E-state index < -0.39 is 6.10 Å². The Labute approximate surface area is 95.8 Å². The van der Waals surface area contributed by atoms with Crippen molar-refractivity contribution < 1.29 is 9.84 Å². The Kier molecular flexibility index (Phi) is 4.43. The molecule has 0 saturated heterocycles. The molecule has 0 aromatic heterocycles. The molecule has 3 heteroatoms. The molecule has 0 spiro atoms. The van der Waals surface area contributed by atoms with Crippen LogP contribution in [0.2, 0.25) is 5.02 Å². The zero-order chi connectivity index (χ0) is 11.4. The summed E-state index contributed by atoms with van der Waals surface area (Å²) in [5.41, 5.74) is 0.770. The van der Waals surface area contributed by atoms with Crippen molar-refractivity contribution in [1.82, 2.24) is 0 Å². The molecule has 0 bridgehead atoms. The summed E-state index contributed by atoms with van der Waals surface area (Å²) in [4.78, 5) is 0. The number of halogens is 1. The Morgan fingerprint density at radius 2 is 2.07 bits per heavy atom. The van der Waals surface area contributed by atoms with Crippen LogP contribution in [0.25, 0.3) is 0 Å². The van der Waals surface area contributed by atoms with Crippen molar-refractivity contribution >= 4 is 11.6 Å². The molecular formula is C12H17ClO2. The number of rotatable bonds is 4. The Morgan fingerprint density at radius 3 is 2.53 bits per heavy atom. The molecule has 0 fully saturated rings.